The summed E-state index contributed by atoms with van der Waals surface area (Å²) < 4.78 is 1.85. The van der Waals surface area contributed by atoms with Crippen LogP contribution in [0, 0.1) is 0 Å². The van der Waals surface area contributed by atoms with Crippen molar-refractivity contribution in [1.82, 2.24) is 14.5 Å². The number of hydrogen-bond donors (Lipinski definition) is 1. The first-order chi connectivity index (χ1) is 17.3. The highest BCUT2D eigenvalue weighted by Crippen LogP contribution is 2.25. The Morgan fingerprint density at radius 1 is 0.917 bits per heavy atom. The molecule has 1 aromatic heterocycles. The summed E-state index contributed by atoms with van der Waals surface area (Å²) in [5.41, 5.74) is 3.40. The Kier molecular flexibility index (Phi) is 7.86. The molecule has 1 N–H and O–H groups in total. The Balaban J connectivity index is 1.56. The summed E-state index contributed by atoms with van der Waals surface area (Å²) in [7, 11) is 0. The summed E-state index contributed by atoms with van der Waals surface area (Å²) >= 11 is 6.00. The maximum Gasteiger partial charge on any atom is 0.246 e. The summed E-state index contributed by atoms with van der Waals surface area (Å²) in [4.78, 5) is 32.8. The lowest BCUT2D eigenvalue weighted by atomic mass is 9.99. The molecule has 184 valence electrons. The van der Waals surface area contributed by atoms with E-state index in [0.29, 0.717) is 11.0 Å². The predicted octanol–water partition coefficient (Wildman–Crippen LogP) is 6.17. The van der Waals surface area contributed by atoms with E-state index in [2.05, 4.69) is 5.32 Å². The van der Waals surface area contributed by atoms with Gasteiger partial charge in [0.05, 0.1) is 11.6 Å². The minimum atomic E-state index is -0.409. The number of nitrogens with zero attached hydrogens (tertiary/aromatic N) is 3. The third-order valence-electron chi connectivity index (χ3n) is 6.02. The predicted molar refractivity (Wildman–Crippen MR) is 144 cm³/mol. The van der Waals surface area contributed by atoms with Gasteiger partial charge in [-0.1, -0.05) is 72.3 Å². The van der Waals surface area contributed by atoms with E-state index in [1.165, 1.54) is 0 Å². The second-order valence-corrected chi connectivity index (χ2v) is 9.34. The summed E-state index contributed by atoms with van der Waals surface area (Å²) in [6.45, 7) is 5.56. The largest absolute Gasteiger partial charge is 0.330 e. The molecule has 0 aliphatic carbocycles. The monoisotopic (exact) mass is 500 g/mol. The zero-order valence-electron chi connectivity index (χ0n) is 20.6. The van der Waals surface area contributed by atoms with Crippen LogP contribution in [-0.2, 0) is 9.59 Å². The van der Waals surface area contributed by atoms with Gasteiger partial charge >= 0.3 is 0 Å². The number of imidazole rings is 1. The van der Waals surface area contributed by atoms with Gasteiger partial charge in [-0.05, 0) is 50.6 Å². The van der Waals surface area contributed by atoms with Crippen LogP contribution >= 0.6 is 11.6 Å². The summed E-state index contributed by atoms with van der Waals surface area (Å²) in [5.74, 6) is -0.456. The fourth-order valence-electron chi connectivity index (χ4n) is 3.98. The van der Waals surface area contributed by atoms with Gasteiger partial charge in [0.25, 0.3) is 0 Å². The van der Waals surface area contributed by atoms with Gasteiger partial charge in [-0.3, -0.25) is 19.5 Å². The maximum atomic E-state index is 13.3. The molecule has 0 saturated carbocycles. The molecule has 1 atom stereocenters. The molecule has 0 bridgehead atoms. The van der Waals surface area contributed by atoms with Crippen LogP contribution in [0.1, 0.15) is 32.3 Å². The number of rotatable bonds is 8. The van der Waals surface area contributed by atoms with Gasteiger partial charge in [0, 0.05) is 28.5 Å². The highest BCUT2D eigenvalue weighted by molar-refractivity contribution is 6.30. The van der Waals surface area contributed by atoms with Gasteiger partial charge in [0.2, 0.25) is 17.8 Å². The van der Waals surface area contributed by atoms with Crippen molar-refractivity contribution in [2.24, 2.45) is 0 Å². The molecule has 6 nitrogen and oxygen atoms in total. The number of carbonyl (C=O) groups excluding carboxylic acids is 2. The lowest BCUT2D eigenvalue weighted by molar-refractivity contribution is -0.137. The van der Waals surface area contributed by atoms with Gasteiger partial charge < -0.3 is 4.90 Å². The number of carbonyl (C=O) groups is 2. The average Bonchev–Trinajstić information content (AvgIpc) is 3.31. The van der Waals surface area contributed by atoms with Crippen molar-refractivity contribution in [2.45, 2.75) is 32.7 Å². The van der Waals surface area contributed by atoms with Crippen molar-refractivity contribution < 1.29 is 9.59 Å². The van der Waals surface area contributed by atoms with Gasteiger partial charge in [-0.25, -0.2) is 4.98 Å². The van der Waals surface area contributed by atoms with E-state index in [0.717, 1.165) is 22.5 Å². The van der Waals surface area contributed by atoms with Crippen LogP contribution in [0.2, 0.25) is 5.02 Å². The minimum absolute atomic E-state index is 0.0866. The molecule has 0 radical (unpaired) electrons. The molecule has 36 heavy (non-hydrogen) atoms. The fraction of sp³-hybridized carbons (Fsp3) is 0.207. The summed E-state index contributed by atoms with van der Waals surface area (Å²) in [6.07, 6.45) is 1.90. The van der Waals surface area contributed by atoms with Gasteiger partial charge in [-0.2, -0.15) is 0 Å². The van der Waals surface area contributed by atoms with Gasteiger partial charge in [0.1, 0.15) is 6.54 Å². The standard InChI is InChI=1S/C29H29ClN4O2/c1-20(2)33(28(36)21(3)22-14-16-24(30)17-15-22)19-27(35)32-29-31-26(23-10-6-4-7-11-23)18-34(29)25-12-8-5-9-13-25/h4-18,20-21H,19H2,1-3H3,(H,31,32,35). The highest BCUT2D eigenvalue weighted by atomic mass is 35.5. The van der Waals surface area contributed by atoms with Crippen molar-refractivity contribution in [3.63, 3.8) is 0 Å². The number of halogens is 1. The Labute approximate surface area is 216 Å². The Morgan fingerprint density at radius 2 is 1.53 bits per heavy atom. The van der Waals surface area contributed by atoms with Crippen molar-refractivity contribution in [3.05, 3.63) is 102 Å². The third kappa shape index (κ3) is 5.83. The van der Waals surface area contributed by atoms with E-state index >= 15 is 0 Å². The highest BCUT2D eigenvalue weighted by Gasteiger charge is 2.26. The van der Waals surface area contributed by atoms with E-state index in [9.17, 15) is 9.59 Å². The molecule has 0 saturated heterocycles. The quantitative estimate of drug-likeness (QED) is 0.314. The maximum absolute atomic E-state index is 13.3. The number of nitrogens with one attached hydrogen (secondary N) is 1. The fourth-order valence-corrected chi connectivity index (χ4v) is 4.10. The lowest BCUT2D eigenvalue weighted by Gasteiger charge is -2.29. The second-order valence-electron chi connectivity index (χ2n) is 8.90. The molecular formula is C29H29ClN4O2. The molecule has 0 spiro atoms. The van der Waals surface area contributed by atoms with Crippen LogP contribution in [0.3, 0.4) is 0 Å². The van der Waals surface area contributed by atoms with Crippen LogP contribution < -0.4 is 5.32 Å². The van der Waals surface area contributed by atoms with E-state index in [4.69, 9.17) is 16.6 Å². The molecule has 4 rings (SSSR count). The first-order valence-electron chi connectivity index (χ1n) is 11.9. The van der Waals surface area contributed by atoms with E-state index in [1.54, 1.807) is 17.0 Å². The number of benzene rings is 3. The van der Waals surface area contributed by atoms with Crippen molar-refractivity contribution in [1.29, 1.82) is 0 Å². The Bertz CT molecular complexity index is 1320. The number of aromatic nitrogens is 2. The first kappa shape index (κ1) is 25.2. The molecule has 3 aromatic carbocycles. The molecule has 4 aromatic rings. The SMILES string of the molecule is CC(C(=O)N(CC(=O)Nc1nc(-c2ccccc2)cn1-c1ccccc1)C(C)C)c1ccc(Cl)cc1. The van der Waals surface area contributed by atoms with E-state index in [1.807, 2.05) is 104 Å². The number of para-hydroxylation sites is 1. The number of anilines is 1. The molecule has 7 heteroatoms. The zero-order chi connectivity index (χ0) is 25.7. The van der Waals surface area contributed by atoms with Crippen LogP contribution in [0.4, 0.5) is 5.95 Å². The summed E-state index contributed by atoms with van der Waals surface area (Å²) in [5, 5.41) is 3.54. The molecule has 0 fully saturated rings. The molecule has 1 unspecified atom stereocenters. The van der Waals surface area contributed by atoms with Gasteiger partial charge in [-0.15, -0.1) is 0 Å². The van der Waals surface area contributed by atoms with Crippen molar-refractivity contribution in [2.75, 3.05) is 11.9 Å². The van der Waals surface area contributed by atoms with Crippen LogP contribution in [-0.4, -0.2) is 38.9 Å². The average molecular weight is 501 g/mol. The molecule has 0 aliphatic rings. The van der Waals surface area contributed by atoms with E-state index in [-0.39, 0.29) is 24.4 Å². The zero-order valence-corrected chi connectivity index (χ0v) is 21.3. The van der Waals surface area contributed by atoms with Crippen LogP contribution in [0.15, 0.2) is 91.1 Å². The topological polar surface area (TPSA) is 67.2 Å². The van der Waals surface area contributed by atoms with Crippen molar-refractivity contribution >= 4 is 29.4 Å². The van der Waals surface area contributed by atoms with Crippen molar-refractivity contribution in [3.8, 4) is 16.9 Å². The Morgan fingerprint density at radius 3 is 2.14 bits per heavy atom. The smallest absolute Gasteiger partial charge is 0.246 e. The van der Waals surface area contributed by atoms with E-state index < -0.39 is 5.92 Å². The molecule has 2 amide bonds. The molecular weight excluding hydrogens is 472 g/mol. The second kappa shape index (κ2) is 11.2. The first-order valence-corrected chi connectivity index (χ1v) is 12.3. The third-order valence-corrected chi connectivity index (χ3v) is 6.27. The summed E-state index contributed by atoms with van der Waals surface area (Å²) in [6, 6.07) is 26.5. The number of amides is 2. The normalized spacial score (nSPS) is 11.8. The van der Waals surface area contributed by atoms with Gasteiger partial charge in [0.15, 0.2) is 0 Å². The number of hydrogen-bond acceptors (Lipinski definition) is 3. The minimum Gasteiger partial charge on any atom is -0.330 e. The Hall–Kier alpha value is -3.90. The molecule has 0 aliphatic heterocycles. The lowest BCUT2D eigenvalue weighted by Crippen LogP contribution is -2.44. The molecule has 1 heterocycles. The van der Waals surface area contributed by atoms with Crippen LogP contribution in [0.25, 0.3) is 16.9 Å². The van der Waals surface area contributed by atoms with Crippen LogP contribution in [0.5, 0.6) is 0 Å².